The highest BCUT2D eigenvalue weighted by Gasteiger charge is 2.18. The second-order valence-corrected chi connectivity index (χ2v) is 3.77. The van der Waals surface area contributed by atoms with Crippen molar-refractivity contribution < 1.29 is 22.4 Å². The number of aryl methyl sites for hydroxylation is 1. The summed E-state index contributed by atoms with van der Waals surface area (Å²) >= 11 is 0. The summed E-state index contributed by atoms with van der Waals surface area (Å²) < 4.78 is 44.1. The predicted octanol–water partition coefficient (Wildman–Crippen LogP) is 2.33. The van der Waals surface area contributed by atoms with Crippen molar-refractivity contribution in [2.45, 2.75) is 13.5 Å². The standard InChI is InChI=1S/C12H9F3N2O2/c1-6-4-16-9(19-6)5-17-12(18)7-2-3-8(13)11(15)10(7)14/h2-4H,5H2,1H3,(H,17,18). The summed E-state index contributed by atoms with van der Waals surface area (Å²) in [6.07, 6.45) is 1.46. The second kappa shape index (κ2) is 5.13. The maximum Gasteiger partial charge on any atom is 0.254 e. The lowest BCUT2D eigenvalue weighted by Crippen LogP contribution is -2.24. The molecule has 7 heteroatoms. The van der Waals surface area contributed by atoms with E-state index in [-0.39, 0.29) is 12.4 Å². The zero-order chi connectivity index (χ0) is 14.0. The van der Waals surface area contributed by atoms with Gasteiger partial charge in [-0.05, 0) is 19.1 Å². The van der Waals surface area contributed by atoms with Gasteiger partial charge in [0.05, 0.1) is 18.3 Å². The number of carbonyl (C=O) groups excluding carboxylic acids is 1. The van der Waals surface area contributed by atoms with Crippen molar-refractivity contribution in [2.24, 2.45) is 0 Å². The highest BCUT2D eigenvalue weighted by atomic mass is 19.2. The minimum absolute atomic E-state index is 0.0783. The van der Waals surface area contributed by atoms with Crippen molar-refractivity contribution in [3.63, 3.8) is 0 Å². The van der Waals surface area contributed by atoms with Gasteiger partial charge in [0.2, 0.25) is 5.89 Å². The predicted molar refractivity (Wildman–Crippen MR) is 58.7 cm³/mol. The fourth-order valence-corrected chi connectivity index (χ4v) is 1.44. The number of aromatic nitrogens is 1. The van der Waals surface area contributed by atoms with Gasteiger partial charge in [-0.2, -0.15) is 0 Å². The molecule has 0 fully saturated rings. The summed E-state index contributed by atoms with van der Waals surface area (Å²) in [4.78, 5) is 15.4. The number of hydrogen-bond donors (Lipinski definition) is 1. The highest BCUT2D eigenvalue weighted by Crippen LogP contribution is 2.15. The summed E-state index contributed by atoms with van der Waals surface area (Å²) in [5, 5.41) is 2.29. The van der Waals surface area contributed by atoms with Crippen molar-refractivity contribution in [3.8, 4) is 0 Å². The van der Waals surface area contributed by atoms with Gasteiger partial charge in [0.25, 0.3) is 5.91 Å². The molecule has 0 aliphatic rings. The molecule has 1 heterocycles. The monoisotopic (exact) mass is 270 g/mol. The van der Waals surface area contributed by atoms with E-state index in [1.165, 1.54) is 6.20 Å². The van der Waals surface area contributed by atoms with Gasteiger partial charge in [0.15, 0.2) is 17.5 Å². The van der Waals surface area contributed by atoms with Crippen LogP contribution in [0.4, 0.5) is 13.2 Å². The third-order valence-electron chi connectivity index (χ3n) is 2.35. The van der Waals surface area contributed by atoms with E-state index in [0.29, 0.717) is 11.8 Å². The molecule has 0 saturated heterocycles. The third-order valence-corrected chi connectivity index (χ3v) is 2.35. The molecule has 0 radical (unpaired) electrons. The number of oxazole rings is 1. The molecule has 1 aromatic carbocycles. The van der Waals surface area contributed by atoms with Gasteiger partial charge in [-0.25, -0.2) is 18.2 Å². The smallest absolute Gasteiger partial charge is 0.254 e. The Morgan fingerprint density at radius 3 is 2.68 bits per heavy atom. The molecule has 19 heavy (non-hydrogen) atoms. The van der Waals surface area contributed by atoms with Crippen LogP contribution in [0.15, 0.2) is 22.7 Å². The lowest BCUT2D eigenvalue weighted by atomic mass is 10.2. The van der Waals surface area contributed by atoms with Crippen LogP contribution in [0.1, 0.15) is 22.0 Å². The van der Waals surface area contributed by atoms with Gasteiger partial charge in [-0.15, -0.1) is 0 Å². The van der Waals surface area contributed by atoms with E-state index in [4.69, 9.17) is 4.42 Å². The van der Waals surface area contributed by atoms with E-state index in [9.17, 15) is 18.0 Å². The van der Waals surface area contributed by atoms with Crippen LogP contribution in [-0.4, -0.2) is 10.9 Å². The zero-order valence-corrected chi connectivity index (χ0v) is 9.84. The van der Waals surface area contributed by atoms with Gasteiger partial charge in [-0.1, -0.05) is 0 Å². The Balaban J connectivity index is 2.10. The lowest BCUT2D eigenvalue weighted by molar-refractivity contribution is 0.0941. The quantitative estimate of drug-likeness (QED) is 0.871. The van der Waals surface area contributed by atoms with Crippen molar-refractivity contribution in [2.75, 3.05) is 0 Å². The average Bonchev–Trinajstić information content (AvgIpc) is 2.79. The summed E-state index contributed by atoms with van der Waals surface area (Å²) in [6.45, 7) is 1.60. The van der Waals surface area contributed by atoms with Gasteiger partial charge >= 0.3 is 0 Å². The molecule has 0 atom stereocenters. The van der Waals surface area contributed by atoms with E-state index in [2.05, 4.69) is 10.3 Å². The van der Waals surface area contributed by atoms with E-state index in [0.717, 1.165) is 6.07 Å². The Morgan fingerprint density at radius 2 is 2.05 bits per heavy atom. The topological polar surface area (TPSA) is 55.1 Å². The number of halogens is 3. The molecule has 2 rings (SSSR count). The minimum Gasteiger partial charge on any atom is -0.444 e. The molecule has 4 nitrogen and oxygen atoms in total. The van der Waals surface area contributed by atoms with Crippen LogP contribution in [-0.2, 0) is 6.54 Å². The Morgan fingerprint density at radius 1 is 1.32 bits per heavy atom. The van der Waals surface area contributed by atoms with Crippen LogP contribution in [0.5, 0.6) is 0 Å². The maximum atomic E-state index is 13.3. The summed E-state index contributed by atoms with van der Waals surface area (Å²) in [7, 11) is 0. The van der Waals surface area contributed by atoms with Crippen LogP contribution >= 0.6 is 0 Å². The first kappa shape index (κ1) is 13.1. The lowest BCUT2D eigenvalue weighted by Gasteiger charge is -2.05. The third kappa shape index (κ3) is 2.75. The van der Waals surface area contributed by atoms with E-state index in [1.54, 1.807) is 6.92 Å². The largest absolute Gasteiger partial charge is 0.444 e. The van der Waals surface area contributed by atoms with Crippen molar-refractivity contribution >= 4 is 5.91 Å². The Kier molecular flexibility index (Phi) is 3.55. The Labute approximate surface area is 106 Å². The normalized spacial score (nSPS) is 10.5. The molecule has 0 aliphatic heterocycles. The Bertz CT molecular complexity index is 625. The van der Waals surface area contributed by atoms with E-state index in [1.807, 2.05) is 0 Å². The number of nitrogens with one attached hydrogen (secondary N) is 1. The van der Waals surface area contributed by atoms with Crippen molar-refractivity contribution in [1.82, 2.24) is 10.3 Å². The molecule has 0 unspecified atom stereocenters. The molecule has 0 spiro atoms. The molecule has 0 bridgehead atoms. The molecule has 1 amide bonds. The SMILES string of the molecule is Cc1cnc(CNC(=O)c2ccc(F)c(F)c2F)o1. The number of hydrogen-bond acceptors (Lipinski definition) is 3. The fraction of sp³-hybridized carbons (Fsp3) is 0.167. The first-order valence-electron chi connectivity index (χ1n) is 5.32. The molecule has 2 aromatic rings. The Hall–Kier alpha value is -2.31. The molecule has 0 aliphatic carbocycles. The van der Waals surface area contributed by atoms with Gasteiger partial charge in [0.1, 0.15) is 5.76 Å². The van der Waals surface area contributed by atoms with Gasteiger partial charge in [-0.3, -0.25) is 4.79 Å². The summed E-state index contributed by atoms with van der Waals surface area (Å²) in [5.74, 6) is -4.65. The summed E-state index contributed by atoms with van der Waals surface area (Å²) in [5.41, 5.74) is -0.581. The van der Waals surface area contributed by atoms with Crippen molar-refractivity contribution in [1.29, 1.82) is 0 Å². The summed E-state index contributed by atoms with van der Waals surface area (Å²) in [6, 6.07) is 1.55. The molecule has 100 valence electrons. The van der Waals surface area contributed by atoms with Crippen LogP contribution in [0, 0.1) is 24.4 Å². The first-order valence-corrected chi connectivity index (χ1v) is 5.32. The highest BCUT2D eigenvalue weighted by molar-refractivity contribution is 5.94. The van der Waals surface area contributed by atoms with Crippen LogP contribution in [0.25, 0.3) is 0 Å². The van der Waals surface area contributed by atoms with Gasteiger partial charge in [0, 0.05) is 0 Å². The van der Waals surface area contributed by atoms with E-state index >= 15 is 0 Å². The number of amides is 1. The van der Waals surface area contributed by atoms with Gasteiger partial charge < -0.3 is 9.73 Å². The van der Waals surface area contributed by atoms with Crippen LogP contribution in [0.2, 0.25) is 0 Å². The number of carbonyl (C=O) groups is 1. The average molecular weight is 270 g/mol. The molecular weight excluding hydrogens is 261 g/mol. The molecular formula is C12H9F3N2O2. The first-order chi connectivity index (χ1) is 8.99. The van der Waals surface area contributed by atoms with Crippen molar-refractivity contribution in [3.05, 3.63) is 53.0 Å². The number of benzene rings is 1. The van der Waals surface area contributed by atoms with Crippen LogP contribution in [0.3, 0.4) is 0 Å². The molecule has 1 N–H and O–H groups in total. The maximum absolute atomic E-state index is 13.3. The number of rotatable bonds is 3. The second-order valence-electron chi connectivity index (χ2n) is 3.77. The van der Waals surface area contributed by atoms with Crippen LogP contribution < -0.4 is 5.32 Å². The minimum atomic E-state index is -1.68. The zero-order valence-electron chi connectivity index (χ0n) is 9.84. The molecule has 0 saturated carbocycles. The number of nitrogens with zero attached hydrogens (tertiary/aromatic N) is 1. The van der Waals surface area contributed by atoms with E-state index < -0.39 is 28.9 Å². The molecule has 1 aromatic heterocycles. The fourth-order valence-electron chi connectivity index (χ4n) is 1.44.